The van der Waals surface area contributed by atoms with Gasteiger partial charge in [-0.3, -0.25) is 4.79 Å². The Morgan fingerprint density at radius 1 is 1.12 bits per heavy atom. The predicted molar refractivity (Wildman–Crippen MR) is 124 cm³/mol. The van der Waals surface area contributed by atoms with Gasteiger partial charge in [-0.25, -0.2) is 4.79 Å². The van der Waals surface area contributed by atoms with Crippen LogP contribution in [0.15, 0.2) is 24.3 Å². The Kier molecular flexibility index (Phi) is 5.42. The van der Waals surface area contributed by atoms with Crippen molar-refractivity contribution in [2.24, 2.45) is 5.41 Å². The Hall–Kier alpha value is -2.70. The molecule has 7 heteroatoms. The average molecular weight is 442 g/mol. The van der Waals surface area contributed by atoms with Crippen LogP contribution in [0.25, 0.3) is 10.9 Å². The molecule has 1 N–H and O–H groups in total. The van der Waals surface area contributed by atoms with Gasteiger partial charge in [-0.2, -0.15) is 0 Å². The van der Waals surface area contributed by atoms with Crippen LogP contribution in [0.1, 0.15) is 64.4 Å². The van der Waals surface area contributed by atoms with Crippen LogP contribution in [-0.4, -0.2) is 64.7 Å². The van der Waals surface area contributed by atoms with Gasteiger partial charge in [-0.15, -0.1) is 0 Å². The number of aromatic amines is 1. The van der Waals surface area contributed by atoms with E-state index in [-0.39, 0.29) is 23.0 Å². The van der Waals surface area contributed by atoms with E-state index in [1.54, 1.807) is 12.0 Å². The van der Waals surface area contributed by atoms with Crippen LogP contribution in [0.5, 0.6) is 5.75 Å². The number of hydrogen-bond donors (Lipinski definition) is 1. The first-order valence-electron chi connectivity index (χ1n) is 11.4. The smallest absolute Gasteiger partial charge is 0.410 e. The molecule has 0 radical (unpaired) electrons. The van der Waals surface area contributed by atoms with E-state index in [1.807, 2.05) is 49.9 Å². The van der Waals surface area contributed by atoms with Crippen molar-refractivity contribution in [3.8, 4) is 5.75 Å². The maximum atomic E-state index is 13.6. The minimum absolute atomic E-state index is 0.0136. The molecule has 1 aromatic carbocycles. The summed E-state index contributed by atoms with van der Waals surface area (Å²) in [4.78, 5) is 33.1. The standard InChI is InChI=1S/C25H35N3O4/c1-23(2,3)32-22(30)27-12-10-25(11-13-27)15-24(4,5)28(16-25)21(29)19-14-17-18(26-19)8-7-9-20(17)31-6/h7-9,14,26H,10-13,15-16H2,1-6H3. The van der Waals surface area contributed by atoms with Gasteiger partial charge in [0.15, 0.2) is 0 Å². The monoisotopic (exact) mass is 441 g/mol. The normalized spacial score (nSPS) is 20.1. The number of nitrogens with zero attached hydrogens (tertiary/aromatic N) is 2. The third-order valence-corrected chi connectivity index (χ3v) is 6.83. The summed E-state index contributed by atoms with van der Waals surface area (Å²) in [5.74, 6) is 0.768. The highest BCUT2D eigenvalue weighted by molar-refractivity contribution is 6.00. The number of benzene rings is 1. The van der Waals surface area contributed by atoms with Crippen molar-refractivity contribution in [1.82, 2.24) is 14.8 Å². The van der Waals surface area contributed by atoms with Gasteiger partial charge in [0.1, 0.15) is 17.0 Å². The maximum absolute atomic E-state index is 13.6. The molecule has 2 fully saturated rings. The van der Waals surface area contributed by atoms with Crippen molar-refractivity contribution in [3.63, 3.8) is 0 Å². The lowest BCUT2D eigenvalue weighted by Gasteiger charge is -2.39. The van der Waals surface area contributed by atoms with Crippen LogP contribution in [0.3, 0.4) is 0 Å². The summed E-state index contributed by atoms with van der Waals surface area (Å²) in [5, 5.41) is 0.913. The molecule has 0 atom stereocenters. The van der Waals surface area contributed by atoms with Crippen LogP contribution in [0, 0.1) is 5.41 Å². The van der Waals surface area contributed by atoms with E-state index in [4.69, 9.17) is 9.47 Å². The number of carbonyl (C=O) groups is 2. The van der Waals surface area contributed by atoms with E-state index in [2.05, 4.69) is 18.8 Å². The van der Waals surface area contributed by atoms with E-state index in [0.29, 0.717) is 25.3 Å². The molecule has 0 unspecified atom stereocenters. The van der Waals surface area contributed by atoms with Crippen LogP contribution in [0.2, 0.25) is 0 Å². The first-order chi connectivity index (χ1) is 14.9. The molecule has 2 aliphatic rings. The number of ether oxygens (including phenoxy) is 2. The van der Waals surface area contributed by atoms with Crippen molar-refractivity contribution in [1.29, 1.82) is 0 Å². The van der Waals surface area contributed by atoms with Gasteiger partial charge in [0.05, 0.1) is 7.11 Å². The lowest BCUT2D eigenvalue weighted by Crippen LogP contribution is -2.46. The average Bonchev–Trinajstić information content (AvgIpc) is 3.25. The summed E-state index contributed by atoms with van der Waals surface area (Å²) in [6, 6.07) is 7.66. The fourth-order valence-corrected chi connectivity index (χ4v) is 5.36. The highest BCUT2D eigenvalue weighted by Gasteiger charge is 2.51. The highest BCUT2D eigenvalue weighted by atomic mass is 16.6. The number of piperidine rings is 1. The third kappa shape index (κ3) is 4.17. The zero-order valence-corrected chi connectivity index (χ0v) is 20.1. The van der Waals surface area contributed by atoms with E-state index in [1.165, 1.54) is 0 Å². The fraction of sp³-hybridized carbons (Fsp3) is 0.600. The quantitative estimate of drug-likeness (QED) is 0.725. The number of amides is 2. The molecular weight excluding hydrogens is 406 g/mol. The molecule has 0 bridgehead atoms. The van der Waals surface area contributed by atoms with Crippen molar-refractivity contribution in [2.45, 2.75) is 65.0 Å². The SMILES string of the molecule is COc1cccc2[nH]c(C(=O)N3CC4(CCN(C(=O)OC(C)(C)C)CC4)CC3(C)C)cc12. The van der Waals surface area contributed by atoms with Gasteiger partial charge in [-0.1, -0.05) is 6.07 Å². The van der Waals surface area contributed by atoms with Crippen LogP contribution < -0.4 is 4.74 Å². The van der Waals surface area contributed by atoms with E-state index >= 15 is 0 Å². The third-order valence-electron chi connectivity index (χ3n) is 6.83. The van der Waals surface area contributed by atoms with Crippen LogP contribution in [0.4, 0.5) is 4.79 Å². The molecule has 0 saturated carbocycles. The van der Waals surface area contributed by atoms with E-state index < -0.39 is 5.60 Å². The van der Waals surface area contributed by atoms with Gasteiger partial charge in [0, 0.05) is 36.1 Å². The number of hydrogen-bond acceptors (Lipinski definition) is 4. The number of methoxy groups -OCH3 is 1. The summed E-state index contributed by atoms with van der Waals surface area (Å²) in [5.41, 5.74) is 0.756. The molecule has 2 aromatic rings. The summed E-state index contributed by atoms with van der Waals surface area (Å²) < 4.78 is 11.0. The second-order valence-corrected chi connectivity index (χ2v) is 11.0. The number of nitrogens with one attached hydrogen (secondary N) is 1. The van der Waals surface area contributed by atoms with Crippen molar-refractivity contribution in [2.75, 3.05) is 26.7 Å². The molecule has 32 heavy (non-hydrogen) atoms. The van der Waals surface area contributed by atoms with Crippen molar-refractivity contribution < 1.29 is 19.1 Å². The molecule has 174 valence electrons. The van der Waals surface area contributed by atoms with Gasteiger partial charge >= 0.3 is 6.09 Å². The molecule has 2 saturated heterocycles. The molecular formula is C25H35N3O4. The second kappa shape index (κ2) is 7.71. The summed E-state index contributed by atoms with van der Waals surface area (Å²) in [6.45, 7) is 12.0. The minimum Gasteiger partial charge on any atom is -0.496 e. The number of carbonyl (C=O) groups excluding carboxylic acids is 2. The lowest BCUT2D eigenvalue weighted by molar-refractivity contribution is 0.0108. The van der Waals surface area contributed by atoms with E-state index in [0.717, 1.165) is 35.9 Å². The molecule has 1 aromatic heterocycles. The fourth-order valence-electron chi connectivity index (χ4n) is 5.36. The summed E-state index contributed by atoms with van der Waals surface area (Å²) in [7, 11) is 1.64. The van der Waals surface area contributed by atoms with Crippen LogP contribution in [-0.2, 0) is 4.74 Å². The van der Waals surface area contributed by atoms with Crippen molar-refractivity contribution >= 4 is 22.9 Å². The maximum Gasteiger partial charge on any atom is 0.410 e. The van der Waals surface area contributed by atoms with Gasteiger partial charge in [-0.05, 0) is 77.5 Å². The minimum atomic E-state index is -0.493. The number of H-pyrrole nitrogens is 1. The number of likely N-dealkylation sites (tertiary alicyclic amines) is 2. The largest absolute Gasteiger partial charge is 0.496 e. The Morgan fingerprint density at radius 2 is 1.81 bits per heavy atom. The van der Waals surface area contributed by atoms with E-state index in [9.17, 15) is 9.59 Å². The summed E-state index contributed by atoms with van der Waals surface area (Å²) in [6.07, 6.45) is 2.43. The van der Waals surface area contributed by atoms with Crippen LogP contribution >= 0.6 is 0 Å². The molecule has 2 aliphatic heterocycles. The molecule has 7 nitrogen and oxygen atoms in total. The molecule has 1 spiro atoms. The zero-order valence-electron chi connectivity index (χ0n) is 20.1. The summed E-state index contributed by atoms with van der Waals surface area (Å²) >= 11 is 0. The Bertz CT molecular complexity index is 1030. The number of fused-ring (bicyclic) bond motifs is 1. The molecule has 4 rings (SSSR count). The lowest BCUT2D eigenvalue weighted by atomic mass is 9.74. The number of aromatic nitrogens is 1. The highest BCUT2D eigenvalue weighted by Crippen LogP contribution is 2.48. The Balaban J connectivity index is 1.49. The predicted octanol–water partition coefficient (Wildman–Crippen LogP) is 4.82. The first kappa shape index (κ1) is 22.5. The molecule has 3 heterocycles. The zero-order chi connectivity index (χ0) is 23.3. The van der Waals surface area contributed by atoms with Crippen molar-refractivity contribution in [3.05, 3.63) is 30.0 Å². The topological polar surface area (TPSA) is 74.9 Å². The Labute approximate surface area is 190 Å². The Morgan fingerprint density at radius 3 is 2.44 bits per heavy atom. The molecule has 2 amide bonds. The van der Waals surface area contributed by atoms with Gasteiger partial charge in [0.25, 0.3) is 5.91 Å². The van der Waals surface area contributed by atoms with Gasteiger partial charge in [0.2, 0.25) is 0 Å². The first-order valence-corrected chi connectivity index (χ1v) is 11.4. The second-order valence-electron chi connectivity index (χ2n) is 11.0. The van der Waals surface area contributed by atoms with Gasteiger partial charge < -0.3 is 24.3 Å². The number of rotatable bonds is 2. The molecule has 0 aliphatic carbocycles.